The number of nitrogen functional groups attached to an aromatic ring is 1. The molecule has 2 heterocycles. The Morgan fingerprint density at radius 3 is 2.30 bits per heavy atom. The third-order valence-corrected chi connectivity index (χ3v) is 5.50. The van der Waals surface area contributed by atoms with Gasteiger partial charge >= 0.3 is 0 Å². The number of benzene rings is 2. The van der Waals surface area contributed by atoms with Crippen molar-refractivity contribution in [1.29, 1.82) is 0 Å². The number of anilines is 4. The van der Waals surface area contributed by atoms with Crippen molar-refractivity contribution in [3.8, 4) is 5.75 Å². The molecule has 1 saturated heterocycles. The molecular weight excluding hydrogens is 400 g/mol. The molecule has 1 aromatic heterocycles. The number of hydrogen-bond acceptors (Lipinski definition) is 7. The lowest BCUT2D eigenvalue weighted by molar-refractivity contribution is 0.415. The van der Waals surface area contributed by atoms with Gasteiger partial charge in [0.05, 0.1) is 7.11 Å². The van der Waals surface area contributed by atoms with Gasteiger partial charge in [0.1, 0.15) is 17.8 Å². The fraction of sp³-hybridized carbons (Fsp3) is 0.273. The van der Waals surface area contributed by atoms with E-state index in [9.17, 15) is 0 Å². The standard InChI is InChI=1S/C22H25ClN6O/c1-30-19-8-6-18(7-9-19)28-10-12-29(13-11-28)22-20(24)21(26-15-27-22)25-14-16-2-4-17(23)5-3-16/h2-9,15H,10-14,24H2,1H3,(H,25,26,27). The van der Waals surface area contributed by atoms with E-state index in [4.69, 9.17) is 22.1 Å². The summed E-state index contributed by atoms with van der Waals surface area (Å²) in [5.74, 6) is 2.29. The van der Waals surface area contributed by atoms with Crippen molar-refractivity contribution in [2.75, 3.05) is 54.1 Å². The van der Waals surface area contributed by atoms with Crippen LogP contribution in [0.4, 0.5) is 23.0 Å². The number of nitrogens with two attached hydrogens (primary N) is 1. The summed E-state index contributed by atoms with van der Waals surface area (Å²) in [5, 5.41) is 4.02. The molecule has 0 spiro atoms. The van der Waals surface area contributed by atoms with Crippen LogP contribution in [0.15, 0.2) is 54.9 Å². The third-order valence-electron chi connectivity index (χ3n) is 5.25. The maximum Gasteiger partial charge on any atom is 0.157 e. The zero-order valence-electron chi connectivity index (χ0n) is 16.9. The molecule has 0 saturated carbocycles. The lowest BCUT2D eigenvalue weighted by Crippen LogP contribution is -2.47. The SMILES string of the molecule is COc1ccc(N2CCN(c3ncnc(NCc4ccc(Cl)cc4)c3N)CC2)cc1. The zero-order valence-corrected chi connectivity index (χ0v) is 17.6. The van der Waals surface area contributed by atoms with Gasteiger partial charge in [-0.2, -0.15) is 0 Å². The summed E-state index contributed by atoms with van der Waals surface area (Å²) >= 11 is 5.95. The second-order valence-corrected chi connectivity index (χ2v) is 7.55. The Bertz CT molecular complexity index is 972. The van der Waals surface area contributed by atoms with Crippen molar-refractivity contribution < 1.29 is 4.74 Å². The van der Waals surface area contributed by atoms with Gasteiger partial charge in [0, 0.05) is 43.4 Å². The highest BCUT2D eigenvalue weighted by molar-refractivity contribution is 6.30. The number of methoxy groups -OCH3 is 1. The van der Waals surface area contributed by atoms with Crippen LogP contribution in [-0.4, -0.2) is 43.3 Å². The van der Waals surface area contributed by atoms with Gasteiger partial charge in [-0.1, -0.05) is 23.7 Å². The lowest BCUT2D eigenvalue weighted by atomic mass is 10.2. The minimum atomic E-state index is 0.573. The number of halogens is 1. The molecule has 3 aromatic rings. The van der Waals surface area contributed by atoms with Crippen molar-refractivity contribution in [3.63, 3.8) is 0 Å². The molecule has 1 fully saturated rings. The van der Waals surface area contributed by atoms with Gasteiger partial charge in [-0.15, -0.1) is 0 Å². The van der Waals surface area contributed by atoms with Gasteiger partial charge in [0.15, 0.2) is 11.6 Å². The number of piperazine rings is 1. The van der Waals surface area contributed by atoms with Crippen LogP contribution in [0.2, 0.25) is 5.02 Å². The predicted molar refractivity (Wildman–Crippen MR) is 123 cm³/mol. The van der Waals surface area contributed by atoms with E-state index >= 15 is 0 Å². The van der Waals surface area contributed by atoms with Crippen LogP contribution in [0.5, 0.6) is 5.75 Å². The summed E-state index contributed by atoms with van der Waals surface area (Å²) in [5.41, 5.74) is 9.27. The Morgan fingerprint density at radius 2 is 1.63 bits per heavy atom. The molecule has 0 aliphatic carbocycles. The van der Waals surface area contributed by atoms with E-state index in [1.165, 1.54) is 5.69 Å². The normalized spacial score (nSPS) is 13.9. The smallest absolute Gasteiger partial charge is 0.157 e. The first-order chi connectivity index (χ1) is 14.6. The third kappa shape index (κ3) is 4.52. The molecule has 0 radical (unpaired) electrons. The monoisotopic (exact) mass is 424 g/mol. The number of hydrogen-bond donors (Lipinski definition) is 2. The van der Waals surface area contributed by atoms with Gasteiger partial charge in [-0.25, -0.2) is 9.97 Å². The Hall–Kier alpha value is -3.19. The van der Waals surface area contributed by atoms with Crippen LogP contribution in [0.25, 0.3) is 0 Å². The van der Waals surface area contributed by atoms with Crippen molar-refractivity contribution >= 4 is 34.6 Å². The zero-order chi connectivity index (χ0) is 20.9. The summed E-state index contributed by atoms with van der Waals surface area (Å²) < 4.78 is 5.24. The molecule has 8 heteroatoms. The van der Waals surface area contributed by atoms with Gasteiger partial charge in [0.25, 0.3) is 0 Å². The van der Waals surface area contributed by atoms with Crippen LogP contribution in [0, 0.1) is 0 Å². The number of aromatic nitrogens is 2. The van der Waals surface area contributed by atoms with Crippen LogP contribution >= 0.6 is 11.6 Å². The van der Waals surface area contributed by atoms with Crippen LogP contribution in [-0.2, 0) is 6.54 Å². The van der Waals surface area contributed by atoms with Crippen molar-refractivity contribution in [2.24, 2.45) is 0 Å². The first kappa shape index (κ1) is 20.1. The van der Waals surface area contributed by atoms with E-state index in [-0.39, 0.29) is 0 Å². The second kappa shape index (κ2) is 9.09. The summed E-state index contributed by atoms with van der Waals surface area (Å²) in [6, 6.07) is 15.9. The highest BCUT2D eigenvalue weighted by atomic mass is 35.5. The fourth-order valence-electron chi connectivity index (χ4n) is 3.54. The molecule has 0 unspecified atom stereocenters. The van der Waals surface area contributed by atoms with E-state index in [2.05, 4.69) is 37.2 Å². The van der Waals surface area contributed by atoms with E-state index < -0.39 is 0 Å². The predicted octanol–water partition coefficient (Wildman–Crippen LogP) is 3.66. The summed E-state index contributed by atoms with van der Waals surface area (Å²) in [4.78, 5) is 13.3. The number of nitrogens with zero attached hydrogens (tertiary/aromatic N) is 4. The van der Waals surface area contributed by atoms with E-state index in [1.54, 1.807) is 13.4 Å². The van der Waals surface area contributed by atoms with Crippen LogP contribution in [0.1, 0.15) is 5.56 Å². The molecule has 30 heavy (non-hydrogen) atoms. The lowest BCUT2D eigenvalue weighted by Gasteiger charge is -2.37. The van der Waals surface area contributed by atoms with Crippen molar-refractivity contribution in [3.05, 3.63) is 65.4 Å². The molecule has 2 aromatic carbocycles. The highest BCUT2D eigenvalue weighted by Crippen LogP contribution is 2.28. The molecule has 3 N–H and O–H groups in total. The molecular formula is C22H25ClN6O. The topological polar surface area (TPSA) is 79.5 Å². The van der Waals surface area contributed by atoms with Gasteiger partial charge in [-0.05, 0) is 42.0 Å². The average molecular weight is 425 g/mol. The largest absolute Gasteiger partial charge is 0.497 e. The molecule has 1 aliphatic heterocycles. The molecule has 4 rings (SSSR count). The summed E-state index contributed by atoms with van der Waals surface area (Å²) in [6.45, 7) is 4.07. The van der Waals surface area contributed by atoms with E-state index in [1.807, 2.05) is 36.4 Å². The fourth-order valence-corrected chi connectivity index (χ4v) is 3.66. The van der Waals surface area contributed by atoms with Crippen molar-refractivity contribution in [2.45, 2.75) is 6.54 Å². The van der Waals surface area contributed by atoms with Gasteiger partial charge in [-0.3, -0.25) is 0 Å². The van der Waals surface area contributed by atoms with Gasteiger partial charge in [0.2, 0.25) is 0 Å². The summed E-state index contributed by atoms with van der Waals surface area (Å²) in [6.07, 6.45) is 1.56. The molecule has 1 aliphatic rings. The van der Waals surface area contributed by atoms with E-state index in [0.29, 0.717) is 18.1 Å². The maximum atomic E-state index is 6.40. The molecule has 7 nitrogen and oxygen atoms in total. The first-order valence-electron chi connectivity index (χ1n) is 9.87. The second-order valence-electron chi connectivity index (χ2n) is 7.11. The maximum absolute atomic E-state index is 6.40. The minimum absolute atomic E-state index is 0.573. The van der Waals surface area contributed by atoms with Crippen LogP contribution in [0.3, 0.4) is 0 Å². The quantitative estimate of drug-likeness (QED) is 0.625. The Labute approximate surface area is 181 Å². The van der Waals surface area contributed by atoms with Gasteiger partial charge < -0.3 is 25.6 Å². The van der Waals surface area contributed by atoms with E-state index in [0.717, 1.165) is 48.3 Å². The number of nitrogens with one attached hydrogen (secondary N) is 1. The highest BCUT2D eigenvalue weighted by Gasteiger charge is 2.21. The minimum Gasteiger partial charge on any atom is -0.497 e. The summed E-state index contributed by atoms with van der Waals surface area (Å²) in [7, 11) is 1.68. The molecule has 156 valence electrons. The average Bonchev–Trinajstić information content (AvgIpc) is 2.80. The molecule has 0 atom stereocenters. The Balaban J connectivity index is 1.39. The number of ether oxygens (including phenoxy) is 1. The number of rotatable bonds is 6. The molecule has 0 bridgehead atoms. The molecule has 0 amide bonds. The Kier molecular flexibility index (Phi) is 6.09. The Morgan fingerprint density at radius 1 is 0.967 bits per heavy atom. The van der Waals surface area contributed by atoms with Crippen LogP contribution < -0.4 is 25.6 Å². The van der Waals surface area contributed by atoms with Crippen molar-refractivity contribution in [1.82, 2.24) is 9.97 Å². The first-order valence-corrected chi connectivity index (χ1v) is 10.2.